The fraction of sp³-hybridized carbons (Fsp3) is 0.167. The summed E-state index contributed by atoms with van der Waals surface area (Å²) in [5.41, 5.74) is 2.76. The Morgan fingerprint density at radius 3 is 2.96 bits per heavy atom. The lowest BCUT2D eigenvalue weighted by molar-refractivity contribution is -0.113. The zero-order chi connectivity index (χ0) is 18.3. The van der Waals surface area contributed by atoms with E-state index in [2.05, 4.69) is 20.7 Å². The van der Waals surface area contributed by atoms with E-state index in [9.17, 15) is 4.79 Å². The number of nitrogens with zero attached hydrogens (tertiary/aromatic N) is 3. The standard InChI is InChI=1S/C18H16ClN5O2/c1-10-5-6-12(19)8-13(10)23-17(25)15-11(2)22-18-20-9-21-24(18)16(15)14-4-3-7-26-14/h3-9,16H,1-2H3,(H,23,25)(H,20,21,22)/t16-/m1/s1. The van der Waals surface area contributed by atoms with E-state index in [0.29, 0.717) is 33.7 Å². The van der Waals surface area contributed by atoms with Crippen molar-refractivity contribution in [1.29, 1.82) is 0 Å². The van der Waals surface area contributed by atoms with Crippen molar-refractivity contribution in [3.8, 4) is 0 Å². The number of amides is 1. The lowest BCUT2D eigenvalue weighted by Crippen LogP contribution is -2.31. The van der Waals surface area contributed by atoms with Gasteiger partial charge in [0.15, 0.2) is 0 Å². The van der Waals surface area contributed by atoms with E-state index in [0.717, 1.165) is 5.56 Å². The van der Waals surface area contributed by atoms with Crippen LogP contribution in [0.2, 0.25) is 5.02 Å². The third kappa shape index (κ3) is 2.76. The Balaban J connectivity index is 1.75. The number of hydrogen-bond donors (Lipinski definition) is 2. The molecule has 0 radical (unpaired) electrons. The SMILES string of the molecule is CC1=C(C(=O)Nc2cc(Cl)ccc2C)[C@@H](c2ccco2)n2ncnc2N1. The van der Waals surface area contributed by atoms with Gasteiger partial charge in [0.25, 0.3) is 5.91 Å². The number of allylic oxidation sites excluding steroid dienone is 1. The molecule has 2 N–H and O–H groups in total. The Morgan fingerprint density at radius 1 is 1.35 bits per heavy atom. The summed E-state index contributed by atoms with van der Waals surface area (Å²) in [4.78, 5) is 17.3. The first-order valence-corrected chi connectivity index (χ1v) is 8.40. The van der Waals surface area contributed by atoms with Crippen LogP contribution in [0.3, 0.4) is 0 Å². The molecule has 3 heterocycles. The number of carbonyl (C=O) groups excluding carboxylic acids is 1. The van der Waals surface area contributed by atoms with Crippen LogP contribution in [-0.2, 0) is 4.79 Å². The number of anilines is 2. The molecule has 26 heavy (non-hydrogen) atoms. The van der Waals surface area contributed by atoms with Crippen LogP contribution in [0.5, 0.6) is 0 Å². The van der Waals surface area contributed by atoms with Crippen LogP contribution in [0.25, 0.3) is 0 Å². The highest BCUT2D eigenvalue weighted by atomic mass is 35.5. The number of carbonyl (C=O) groups is 1. The maximum absolute atomic E-state index is 13.1. The predicted octanol–water partition coefficient (Wildman–Crippen LogP) is 3.76. The Morgan fingerprint density at radius 2 is 2.19 bits per heavy atom. The second kappa shape index (κ2) is 6.34. The summed E-state index contributed by atoms with van der Waals surface area (Å²) in [7, 11) is 0. The van der Waals surface area contributed by atoms with Crippen molar-refractivity contribution in [3.05, 3.63) is 70.5 Å². The van der Waals surface area contributed by atoms with Crippen LogP contribution in [0, 0.1) is 6.92 Å². The molecule has 1 aliphatic rings. The highest BCUT2D eigenvalue weighted by Crippen LogP contribution is 2.35. The first kappa shape index (κ1) is 16.4. The molecular formula is C18H16ClN5O2. The van der Waals surface area contributed by atoms with Crippen molar-refractivity contribution in [2.75, 3.05) is 10.6 Å². The van der Waals surface area contributed by atoms with Gasteiger partial charge in [-0.15, -0.1) is 0 Å². The quantitative estimate of drug-likeness (QED) is 0.734. The second-order valence-corrected chi connectivity index (χ2v) is 6.46. The summed E-state index contributed by atoms with van der Waals surface area (Å²) in [5.74, 6) is 0.896. The summed E-state index contributed by atoms with van der Waals surface area (Å²) in [5, 5.41) is 10.9. The van der Waals surface area contributed by atoms with Crippen molar-refractivity contribution in [2.24, 2.45) is 0 Å². The average Bonchev–Trinajstić information content (AvgIpc) is 3.28. The molecule has 8 heteroatoms. The molecule has 0 unspecified atom stereocenters. The number of rotatable bonds is 3. The molecule has 7 nitrogen and oxygen atoms in total. The Labute approximate surface area is 154 Å². The topological polar surface area (TPSA) is 85.0 Å². The van der Waals surface area contributed by atoms with Crippen molar-refractivity contribution in [2.45, 2.75) is 19.9 Å². The van der Waals surface area contributed by atoms with Gasteiger partial charge in [-0.2, -0.15) is 10.1 Å². The molecule has 132 valence electrons. The highest BCUT2D eigenvalue weighted by Gasteiger charge is 2.35. The predicted molar refractivity (Wildman–Crippen MR) is 98.0 cm³/mol. The Bertz CT molecular complexity index is 1010. The fourth-order valence-corrected chi connectivity index (χ4v) is 3.19. The van der Waals surface area contributed by atoms with Gasteiger partial charge in [-0.25, -0.2) is 4.68 Å². The normalized spacial score (nSPS) is 16.2. The first-order valence-electron chi connectivity index (χ1n) is 8.03. The van der Waals surface area contributed by atoms with Crippen LogP contribution in [0.1, 0.15) is 24.3 Å². The van der Waals surface area contributed by atoms with Gasteiger partial charge < -0.3 is 15.1 Å². The van der Waals surface area contributed by atoms with Crippen molar-refractivity contribution in [3.63, 3.8) is 0 Å². The van der Waals surface area contributed by atoms with Crippen LogP contribution in [0.4, 0.5) is 11.6 Å². The smallest absolute Gasteiger partial charge is 0.256 e. The summed E-state index contributed by atoms with van der Waals surface area (Å²) >= 11 is 6.06. The van der Waals surface area contributed by atoms with E-state index in [1.54, 1.807) is 29.1 Å². The molecule has 0 saturated heterocycles. The molecule has 0 fully saturated rings. The van der Waals surface area contributed by atoms with E-state index < -0.39 is 6.04 Å². The molecule has 1 amide bonds. The number of halogens is 1. The molecule has 3 aromatic rings. The number of hydrogen-bond acceptors (Lipinski definition) is 5. The monoisotopic (exact) mass is 369 g/mol. The minimum absolute atomic E-state index is 0.261. The summed E-state index contributed by atoms with van der Waals surface area (Å²) < 4.78 is 7.20. The number of benzene rings is 1. The van der Waals surface area contributed by atoms with Crippen LogP contribution in [0.15, 0.2) is 58.6 Å². The van der Waals surface area contributed by atoms with Gasteiger partial charge in [-0.3, -0.25) is 4.79 Å². The Hall–Kier alpha value is -3.06. The lowest BCUT2D eigenvalue weighted by Gasteiger charge is -2.27. The van der Waals surface area contributed by atoms with Crippen LogP contribution < -0.4 is 10.6 Å². The van der Waals surface area contributed by atoms with Gasteiger partial charge in [0.1, 0.15) is 18.1 Å². The number of aryl methyl sites for hydroxylation is 1. The molecule has 2 aromatic heterocycles. The number of nitrogens with one attached hydrogen (secondary N) is 2. The molecule has 1 aromatic carbocycles. The molecule has 0 saturated carbocycles. The first-order chi connectivity index (χ1) is 12.5. The maximum atomic E-state index is 13.1. The third-order valence-electron chi connectivity index (χ3n) is 4.30. The summed E-state index contributed by atoms with van der Waals surface area (Å²) in [6.07, 6.45) is 3.01. The summed E-state index contributed by atoms with van der Waals surface area (Å²) in [6.45, 7) is 3.74. The van der Waals surface area contributed by atoms with Gasteiger partial charge in [0, 0.05) is 16.4 Å². The summed E-state index contributed by atoms with van der Waals surface area (Å²) in [6, 6.07) is 8.45. The zero-order valence-electron chi connectivity index (χ0n) is 14.2. The zero-order valence-corrected chi connectivity index (χ0v) is 14.9. The molecular weight excluding hydrogens is 354 g/mol. The van der Waals surface area contributed by atoms with Crippen molar-refractivity contribution in [1.82, 2.24) is 14.8 Å². The molecule has 4 rings (SSSR count). The van der Waals surface area contributed by atoms with Gasteiger partial charge in [-0.1, -0.05) is 17.7 Å². The van der Waals surface area contributed by atoms with E-state index >= 15 is 0 Å². The highest BCUT2D eigenvalue weighted by molar-refractivity contribution is 6.31. The molecule has 0 spiro atoms. The van der Waals surface area contributed by atoms with E-state index in [1.165, 1.54) is 6.33 Å². The van der Waals surface area contributed by atoms with E-state index in [1.807, 2.05) is 26.0 Å². The van der Waals surface area contributed by atoms with Crippen molar-refractivity contribution >= 4 is 29.1 Å². The van der Waals surface area contributed by atoms with Crippen molar-refractivity contribution < 1.29 is 9.21 Å². The number of fused-ring (bicyclic) bond motifs is 1. The van der Waals surface area contributed by atoms with Crippen LogP contribution in [-0.4, -0.2) is 20.7 Å². The molecule has 0 aliphatic carbocycles. The largest absolute Gasteiger partial charge is 0.467 e. The number of aromatic nitrogens is 3. The third-order valence-corrected chi connectivity index (χ3v) is 4.53. The van der Waals surface area contributed by atoms with E-state index in [-0.39, 0.29) is 5.91 Å². The average molecular weight is 370 g/mol. The fourth-order valence-electron chi connectivity index (χ4n) is 3.01. The lowest BCUT2D eigenvalue weighted by atomic mass is 10.00. The maximum Gasteiger partial charge on any atom is 0.256 e. The van der Waals surface area contributed by atoms with Gasteiger partial charge >= 0.3 is 0 Å². The van der Waals surface area contributed by atoms with Crippen LogP contribution >= 0.6 is 11.6 Å². The Kier molecular flexibility index (Phi) is 4.00. The number of furan rings is 1. The molecule has 0 bridgehead atoms. The van der Waals surface area contributed by atoms with E-state index in [4.69, 9.17) is 16.0 Å². The minimum atomic E-state index is -0.511. The second-order valence-electron chi connectivity index (χ2n) is 6.02. The minimum Gasteiger partial charge on any atom is -0.467 e. The van der Waals surface area contributed by atoms with Gasteiger partial charge in [0.2, 0.25) is 5.95 Å². The van der Waals surface area contributed by atoms with Gasteiger partial charge in [-0.05, 0) is 43.7 Å². The molecule has 1 atom stereocenters. The van der Waals surface area contributed by atoms with Gasteiger partial charge in [0.05, 0.1) is 11.8 Å². The molecule has 1 aliphatic heterocycles.